The highest BCUT2D eigenvalue weighted by Crippen LogP contribution is 2.33. The molecule has 0 atom stereocenters. The van der Waals surface area contributed by atoms with Gasteiger partial charge in [-0.3, -0.25) is 4.79 Å². The van der Waals surface area contributed by atoms with Crippen LogP contribution in [-0.4, -0.2) is 42.8 Å². The molecule has 0 radical (unpaired) electrons. The van der Waals surface area contributed by atoms with Gasteiger partial charge in [-0.1, -0.05) is 12.1 Å². The third kappa shape index (κ3) is 2.72. The average Bonchev–Trinajstić information content (AvgIpc) is 3.47. The summed E-state index contributed by atoms with van der Waals surface area (Å²) in [5.74, 6) is 1.48. The fraction of sp³-hybridized carbons (Fsp3) is 0.444. The van der Waals surface area contributed by atoms with E-state index in [1.807, 2.05) is 29.0 Å². The normalized spacial score (nSPS) is 17.9. The first-order chi connectivity index (χ1) is 11.8. The minimum atomic E-state index is 0.0470. The van der Waals surface area contributed by atoms with Gasteiger partial charge < -0.3 is 19.1 Å². The number of piperazine rings is 1. The first-order valence-corrected chi connectivity index (χ1v) is 8.48. The second-order valence-electron chi connectivity index (χ2n) is 6.34. The van der Waals surface area contributed by atoms with Crippen molar-refractivity contribution in [3.8, 4) is 5.75 Å². The van der Waals surface area contributed by atoms with Gasteiger partial charge in [0.25, 0.3) is 5.56 Å². The molecular formula is C18H22N4O2. The summed E-state index contributed by atoms with van der Waals surface area (Å²) in [6.45, 7) is 3.27. The van der Waals surface area contributed by atoms with E-state index in [2.05, 4.69) is 20.9 Å². The van der Waals surface area contributed by atoms with E-state index in [1.54, 1.807) is 13.3 Å². The highest BCUT2D eigenvalue weighted by molar-refractivity contribution is 5.59. The maximum absolute atomic E-state index is 12.6. The molecular weight excluding hydrogens is 304 g/mol. The fourth-order valence-corrected chi connectivity index (χ4v) is 3.32. The number of rotatable bonds is 4. The lowest BCUT2D eigenvalue weighted by molar-refractivity contribution is 0.413. The van der Waals surface area contributed by atoms with E-state index in [0.717, 1.165) is 50.5 Å². The SMILES string of the molecule is COc1ccccc1N1CCN(c2nccn(C3CC3)c2=O)CC1. The van der Waals surface area contributed by atoms with Crippen LogP contribution in [0.25, 0.3) is 0 Å². The minimum absolute atomic E-state index is 0.0470. The molecule has 2 fully saturated rings. The van der Waals surface area contributed by atoms with Gasteiger partial charge in [-0.05, 0) is 25.0 Å². The van der Waals surface area contributed by atoms with Crippen LogP contribution in [0, 0.1) is 0 Å². The molecule has 0 amide bonds. The molecule has 6 heteroatoms. The van der Waals surface area contributed by atoms with Gasteiger partial charge in [0.15, 0.2) is 5.82 Å². The molecule has 0 unspecified atom stereocenters. The Hall–Kier alpha value is -2.50. The second-order valence-corrected chi connectivity index (χ2v) is 6.34. The van der Waals surface area contributed by atoms with Crippen LogP contribution in [0.2, 0.25) is 0 Å². The predicted molar refractivity (Wildman–Crippen MR) is 94.2 cm³/mol. The van der Waals surface area contributed by atoms with Crippen molar-refractivity contribution in [3.63, 3.8) is 0 Å². The predicted octanol–water partition coefficient (Wildman–Crippen LogP) is 1.91. The van der Waals surface area contributed by atoms with Crippen molar-refractivity contribution in [1.29, 1.82) is 0 Å². The molecule has 24 heavy (non-hydrogen) atoms. The highest BCUT2D eigenvalue weighted by Gasteiger charge is 2.27. The largest absolute Gasteiger partial charge is 0.495 e. The van der Waals surface area contributed by atoms with Crippen molar-refractivity contribution in [2.75, 3.05) is 43.1 Å². The quantitative estimate of drug-likeness (QED) is 0.859. The highest BCUT2D eigenvalue weighted by atomic mass is 16.5. The van der Waals surface area contributed by atoms with Crippen LogP contribution in [0.5, 0.6) is 5.75 Å². The summed E-state index contributed by atoms with van der Waals surface area (Å²) in [5.41, 5.74) is 1.15. The molecule has 4 rings (SSSR count). The van der Waals surface area contributed by atoms with E-state index < -0.39 is 0 Å². The monoisotopic (exact) mass is 326 g/mol. The molecule has 2 aromatic rings. The van der Waals surface area contributed by atoms with Gasteiger partial charge in [0, 0.05) is 44.6 Å². The molecule has 0 spiro atoms. The van der Waals surface area contributed by atoms with Crippen LogP contribution in [0.4, 0.5) is 11.5 Å². The third-order valence-electron chi connectivity index (χ3n) is 4.80. The van der Waals surface area contributed by atoms with Gasteiger partial charge in [-0.15, -0.1) is 0 Å². The molecule has 0 bridgehead atoms. The number of ether oxygens (including phenoxy) is 1. The Balaban J connectivity index is 1.50. The molecule has 2 aliphatic rings. The number of nitrogens with zero attached hydrogens (tertiary/aromatic N) is 4. The van der Waals surface area contributed by atoms with Crippen LogP contribution in [-0.2, 0) is 0 Å². The second kappa shape index (κ2) is 6.19. The molecule has 0 N–H and O–H groups in total. The molecule has 6 nitrogen and oxygen atoms in total. The number of anilines is 2. The summed E-state index contributed by atoms with van der Waals surface area (Å²) < 4.78 is 7.30. The van der Waals surface area contributed by atoms with Crippen LogP contribution in [0.15, 0.2) is 41.5 Å². The zero-order chi connectivity index (χ0) is 16.5. The first kappa shape index (κ1) is 15.1. The van der Waals surface area contributed by atoms with Crippen LogP contribution < -0.4 is 20.1 Å². The number of para-hydroxylation sites is 2. The lowest BCUT2D eigenvalue weighted by Crippen LogP contribution is -2.48. The maximum Gasteiger partial charge on any atom is 0.293 e. The Labute approximate surface area is 141 Å². The lowest BCUT2D eigenvalue weighted by Gasteiger charge is -2.36. The van der Waals surface area contributed by atoms with Gasteiger partial charge >= 0.3 is 0 Å². The van der Waals surface area contributed by atoms with Crippen molar-refractivity contribution in [3.05, 3.63) is 47.0 Å². The summed E-state index contributed by atoms with van der Waals surface area (Å²) in [6, 6.07) is 8.45. The molecule has 1 aliphatic carbocycles. The molecule has 2 heterocycles. The molecule has 1 aromatic heterocycles. The minimum Gasteiger partial charge on any atom is -0.495 e. The smallest absolute Gasteiger partial charge is 0.293 e. The molecule has 1 saturated carbocycles. The summed E-state index contributed by atoms with van der Waals surface area (Å²) in [6.07, 6.45) is 5.77. The maximum atomic E-state index is 12.6. The van der Waals surface area contributed by atoms with E-state index in [-0.39, 0.29) is 5.56 Å². The zero-order valence-corrected chi connectivity index (χ0v) is 13.9. The molecule has 1 aliphatic heterocycles. The Morgan fingerprint density at radius 2 is 1.79 bits per heavy atom. The molecule has 126 valence electrons. The number of hydrogen-bond donors (Lipinski definition) is 0. The standard InChI is InChI=1S/C18H22N4O2/c1-24-16-5-3-2-4-15(16)20-10-12-21(13-11-20)17-18(23)22(9-8-19-17)14-6-7-14/h2-5,8-9,14H,6-7,10-13H2,1H3. The van der Waals surface area contributed by atoms with Crippen LogP contribution in [0.1, 0.15) is 18.9 Å². The average molecular weight is 326 g/mol. The Morgan fingerprint density at radius 3 is 2.50 bits per heavy atom. The third-order valence-corrected chi connectivity index (χ3v) is 4.80. The van der Waals surface area contributed by atoms with Crippen molar-refractivity contribution in [2.45, 2.75) is 18.9 Å². The Kier molecular flexibility index (Phi) is 3.88. The summed E-state index contributed by atoms with van der Waals surface area (Å²) >= 11 is 0. The van der Waals surface area contributed by atoms with E-state index in [9.17, 15) is 4.79 Å². The van der Waals surface area contributed by atoms with E-state index in [1.165, 1.54) is 0 Å². The summed E-state index contributed by atoms with van der Waals surface area (Å²) in [4.78, 5) is 21.4. The van der Waals surface area contributed by atoms with Crippen molar-refractivity contribution in [2.24, 2.45) is 0 Å². The Bertz CT molecular complexity index is 777. The number of benzene rings is 1. The lowest BCUT2D eigenvalue weighted by atomic mass is 10.2. The van der Waals surface area contributed by atoms with Crippen molar-refractivity contribution in [1.82, 2.24) is 9.55 Å². The van der Waals surface area contributed by atoms with Crippen molar-refractivity contribution >= 4 is 11.5 Å². The van der Waals surface area contributed by atoms with E-state index in [4.69, 9.17) is 4.74 Å². The summed E-state index contributed by atoms with van der Waals surface area (Å²) in [5, 5.41) is 0. The van der Waals surface area contributed by atoms with E-state index >= 15 is 0 Å². The fourth-order valence-electron chi connectivity index (χ4n) is 3.32. The summed E-state index contributed by atoms with van der Waals surface area (Å²) in [7, 11) is 1.70. The van der Waals surface area contributed by atoms with Crippen LogP contribution in [0.3, 0.4) is 0 Å². The van der Waals surface area contributed by atoms with Crippen molar-refractivity contribution < 1.29 is 4.74 Å². The van der Waals surface area contributed by atoms with Gasteiger partial charge in [0.1, 0.15) is 5.75 Å². The number of aromatic nitrogens is 2. The van der Waals surface area contributed by atoms with Crippen LogP contribution >= 0.6 is 0 Å². The van der Waals surface area contributed by atoms with E-state index in [0.29, 0.717) is 11.9 Å². The first-order valence-electron chi connectivity index (χ1n) is 8.48. The van der Waals surface area contributed by atoms with Gasteiger partial charge in [0.2, 0.25) is 0 Å². The van der Waals surface area contributed by atoms with Gasteiger partial charge in [-0.2, -0.15) is 0 Å². The van der Waals surface area contributed by atoms with Gasteiger partial charge in [0.05, 0.1) is 12.8 Å². The Morgan fingerprint density at radius 1 is 1.08 bits per heavy atom. The zero-order valence-electron chi connectivity index (χ0n) is 13.9. The topological polar surface area (TPSA) is 50.6 Å². The number of methoxy groups -OCH3 is 1. The molecule has 1 saturated heterocycles. The molecule has 1 aromatic carbocycles. The number of hydrogen-bond acceptors (Lipinski definition) is 5. The van der Waals surface area contributed by atoms with Gasteiger partial charge in [-0.25, -0.2) is 4.98 Å².